The second-order valence-corrected chi connectivity index (χ2v) is 7.25. The van der Waals surface area contributed by atoms with Crippen molar-refractivity contribution in [3.05, 3.63) is 39.8 Å². The van der Waals surface area contributed by atoms with Gasteiger partial charge in [-0.15, -0.1) is 11.3 Å². The summed E-state index contributed by atoms with van der Waals surface area (Å²) in [7, 11) is 0. The third-order valence-corrected chi connectivity index (χ3v) is 4.12. The summed E-state index contributed by atoms with van der Waals surface area (Å²) < 4.78 is 5.12. The molecule has 2 N–H and O–H groups in total. The van der Waals surface area contributed by atoms with Gasteiger partial charge in [0.1, 0.15) is 10.6 Å². The highest BCUT2D eigenvalue weighted by Gasteiger charge is 2.25. The lowest BCUT2D eigenvalue weighted by atomic mass is 9.91. The highest BCUT2D eigenvalue weighted by atomic mass is 32.1. The molecule has 2 rings (SSSR count). The van der Waals surface area contributed by atoms with Crippen LogP contribution >= 0.6 is 11.3 Å². The molecule has 128 valence electrons. The molecule has 0 radical (unpaired) electrons. The van der Waals surface area contributed by atoms with E-state index in [-0.39, 0.29) is 11.3 Å². The van der Waals surface area contributed by atoms with Crippen LogP contribution in [0.25, 0.3) is 0 Å². The summed E-state index contributed by atoms with van der Waals surface area (Å²) in [6.07, 6.45) is 0. The zero-order valence-corrected chi connectivity index (χ0v) is 14.9. The Balaban J connectivity index is 2.15. The van der Waals surface area contributed by atoms with Crippen molar-refractivity contribution in [3.8, 4) is 5.75 Å². The van der Waals surface area contributed by atoms with Crippen LogP contribution in [-0.4, -0.2) is 28.6 Å². The largest absolute Gasteiger partial charge is 0.482 e. The number of nitrogens with zero attached hydrogens (tertiary/aromatic N) is 1. The van der Waals surface area contributed by atoms with E-state index in [1.54, 1.807) is 23.7 Å². The molecule has 2 aromatic rings. The van der Waals surface area contributed by atoms with E-state index in [1.165, 1.54) is 11.3 Å². The average Bonchev–Trinajstić information content (AvgIpc) is 2.97. The zero-order valence-electron chi connectivity index (χ0n) is 14.0. The van der Waals surface area contributed by atoms with Crippen molar-refractivity contribution >= 4 is 28.9 Å². The Hall–Kier alpha value is -2.41. The maximum Gasteiger partial charge on any atom is 0.341 e. The zero-order chi connectivity index (χ0) is 17.9. The molecule has 0 fully saturated rings. The number of carboxylic acid groups (broad SMARTS) is 1. The van der Waals surface area contributed by atoms with Gasteiger partial charge >= 0.3 is 5.97 Å². The molecule has 0 saturated heterocycles. The smallest absolute Gasteiger partial charge is 0.341 e. The molecule has 0 atom stereocenters. The lowest BCUT2D eigenvalue weighted by Crippen LogP contribution is -2.20. The Morgan fingerprint density at radius 2 is 2.04 bits per heavy atom. The summed E-state index contributed by atoms with van der Waals surface area (Å²) in [4.78, 5) is 28.0. The first kappa shape index (κ1) is 17.9. The van der Waals surface area contributed by atoms with Crippen LogP contribution in [0.4, 0.5) is 5.69 Å². The SMILES string of the molecule is Cc1cc(OCC(=O)O)ccc1NC(=O)c1scnc1C(C)(C)C. The number of benzene rings is 1. The van der Waals surface area contributed by atoms with E-state index in [9.17, 15) is 9.59 Å². The second kappa shape index (κ2) is 7.00. The number of carbonyl (C=O) groups is 2. The molecule has 1 amide bonds. The van der Waals surface area contributed by atoms with Gasteiger partial charge in [-0.2, -0.15) is 0 Å². The molecule has 1 heterocycles. The fraction of sp³-hybridized carbons (Fsp3) is 0.353. The Morgan fingerprint density at radius 3 is 2.62 bits per heavy atom. The van der Waals surface area contributed by atoms with Crippen molar-refractivity contribution in [1.29, 1.82) is 0 Å². The number of carbonyl (C=O) groups excluding carboxylic acids is 1. The maximum atomic E-state index is 12.5. The van der Waals surface area contributed by atoms with Crippen LogP contribution in [0.2, 0.25) is 0 Å². The summed E-state index contributed by atoms with van der Waals surface area (Å²) in [6.45, 7) is 7.46. The molecule has 0 saturated carbocycles. The molecular formula is C17H20N2O4S. The van der Waals surface area contributed by atoms with Crippen LogP contribution in [0.15, 0.2) is 23.7 Å². The summed E-state index contributed by atoms with van der Waals surface area (Å²) in [5.74, 6) is -0.796. The molecule has 0 spiro atoms. The number of amides is 1. The minimum Gasteiger partial charge on any atom is -0.482 e. The number of nitrogens with one attached hydrogen (secondary N) is 1. The summed E-state index contributed by atoms with van der Waals surface area (Å²) in [6, 6.07) is 5.01. The fourth-order valence-electron chi connectivity index (χ4n) is 2.13. The van der Waals surface area contributed by atoms with Crippen LogP contribution in [0.1, 0.15) is 41.7 Å². The predicted octanol–water partition coefficient (Wildman–Crippen LogP) is 3.46. The molecule has 0 aliphatic heterocycles. The van der Waals surface area contributed by atoms with Gasteiger partial charge < -0.3 is 15.2 Å². The van der Waals surface area contributed by atoms with Crippen LogP contribution < -0.4 is 10.1 Å². The van der Waals surface area contributed by atoms with E-state index in [2.05, 4.69) is 10.3 Å². The van der Waals surface area contributed by atoms with E-state index in [0.717, 1.165) is 11.3 Å². The summed E-state index contributed by atoms with van der Waals surface area (Å²) >= 11 is 1.31. The third-order valence-electron chi connectivity index (χ3n) is 3.29. The van der Waals surface area contributed by atoms with Crippen molar-refractivity contribution in [2.75, 3.05) is 11.9 Å². The van der Waals surface area contributed by atoms with Gasteiger partial charge in [0.15, 0.2) is 6.61 Å². The third kappa shape index (κ3) is 4.32. The van der Waals surface area contributed by atoms with Crippen molar-refractivity contribution in [2.45, 2.75) is 33.1 Å². The number of aromatic nitrogens is 1. The van der Waals surface area contributed by atoms with E-state index < -0.39 is 12.6 Å². The summed E-state index contributed by atoms with van der Waals surface area (Å²) in [5, 5.41) is 11.5. The Kier molecular flexibility index (Phi) is 5.23. The maximum absolute atomic E-state index is 12.5. The van der Waals surface area contributed by atoms with Crippen molar-refractivity contribution in [1.82, 2.24) is 4.98 Å². The molecule has 7 heteroatoms. The quantitative estimate of drug-likeness (QED) is 0.864. The first-order chi connectivity index (χ1) is 11.2. The van der Waals surface area contributed by atoms with Gasteiger partial charge in [-0.25, -0.2) is 9.78 Å². The minimum atomic E-state index is -1.04. The van der Waals surface area contributed by atoms with Crippen LogP contribution in [-0.2, 0) is 10.2 Å². The number of hydrogen-bond donors (Lipinski definition) is 2. The molecule has 6 nitrogen and oxygen atoms in total. The van der Waals surface area contributed by atoms with E-state index in [1.807, 2.05) is 27.7 Å². The summed E-state index contributed by atoms with van der Waals surface area (Å²) in [5.41, 5.74) is 3.66. The molecule has 24 heavy (non-hydrogen) atoms. The van der Waals surface area contributed by atoms with Gasteiger partial charge in [-0.05, 0) is 30.7 Å². The topological polar surface area (TPSA) is 88.5 Å². The number of carboxylic acids is 1. The molecule has 0 bridgehead atoms. The normalized spacial score (nSPS) is 11.2. The molecule has 0 aliphatic carbocycles. The van der Waals surface area contributed by atoms with Gasteiger partial charge in [-0.1, -0.05) is 20.8 Å². The number of rotatable bonds is 5. The van der Waals surface area contributed by atoms with Crippen LogP contribution in [0, 0.1) is 6.92 Å². The highest BCUT2D eigenvalue weighted by molar-refractivity contribution is 7.12. The molecular weight excluding hydrogens is 328 g/mol. The van der Waals surface area contributed by atoms with Crippen molar-refractivity contribution in [3.63, 3.8) is 0 Å². The number of anilines is 1. The Bertz CT molecular complexity index is 762. The first-order valence-corrected chi connectivity index (χ1v) is 8.27. The minimum absolute atomic E-state index is 0.204. The van der Waals surface area contributed by atoms with E-state index >= 15 is 0 Å². The monoisotopic (exact) mass is 348 g/mol. The van der Waals surface area contributed by atoms with Gasteiger partial charge in [0.2, 0.25) is 0 Å². The van der Waals surface area contributed by atoms with Gasteiger partial charge in [-0.3, -0.25) is 4.79 Å². The second-order valence-electron chi connectivity index (χ2n) is 6.39. The van der Waals surface area contributed by atoms with E-state index in [0.29, 0.717) is 16.3 Å². The lowest BCUT2D eigenvalue weighted by Gasteiger charge is -2.17. The van der Waals surface area contributed by atoms with Gasteiger partial charge in [0, 0.05) is 11.1 Å². The van der Waals surface area contributed by atoms with Crippen molar-refractivity contribution in [2.24, 2.45) is 0 Å². The molecule has 0 aliphatic rings. The first-order valence-electron chi connectivity index (χ1n) is 7.39. The number of aryl methyl sites for hydroxylation is 1. The number of ether oxygens (including phenoxy) is 1. The number of hydrogen-bond acceptors (Lipinski definition) is 5. The number of aliphatic carboxylic acids is 1. The molecule has 0 unspecified atom stereocenters. The fourth-order valence-corrected chi connectivity index (χ4v) is 3.02. The van der Waals surface area contributed by atoms with Gasteiger partial charge in [0.25, 0.3) is 5.91 Å². The average molecular weight is 348 g/mol. The lowest BCUT2D eigenvalue weighted by molar-refractivity contribution is -0.139. The van der Waals surface area contributed by atoms with Crippen LogP contribution in [0.3, 0.4) is 0 Å². The van der Waals surface area contributed by atoms with Gasteiger partial charge in [0.05, 0.1) is 11.2 Å². The van der Waals surface area contributed by atoms with Crippen molar-refractivity contribution < 1.29 is 19.4 Å². The highest BCUT2D eigenvalue weighted by Crippen LogP contribution is 2.28. The van der Waals surface area contributed by atoms with Crippen LogP contribution in [0.5, 0.6) is 5.75 Å². The van der Waals surface area contributed by atoms with E-state index in [4.69, 9.17) is 9.84 Å². The molecule has 1 aromatic carbocycles. The standard InChI is InChI=1S/C17H20N2O4S/c1-10-7-11(23-8-13(20)21)5-6-12(10)19-16(22)14-15(17(2,3)4)18-9-24-14/h5-7,9H,8H2,1-4H3,(H,19,22)(H,20,21). The Labute approximate surface area is 144 Å². The predicted molar refractivity (Wildman–Crippen MR) is 93.1 cm³/mol. The molecule has 1 aromatic heterocycles. The number of thiazole rings is 1. The Morgan fingerprint density at radius 1 is 1.33 bits per heavy atom.